The number of hydrogen-bond donors (Lipinski definition) is 0. The molecule has 7 heteroatoms. The van der Waals surface area contributed by atoms with Crippen molar-refractivity contribution in [2.24, 2.45) is 14.1 Å². The summed E-state index contributed by atoms with van der Waals surface area (Å²) in [6, 6.07) is 3.98. The van der Waals surface area contributed by atoms with Crippen LogP contribution in [0.5, 0.6) is 0 Å². The van der Waals surface area contributed by atoms with Crippen molar-refractivity contribution in [3.05, 3.63) is 60.6 Å². The van der Waals surface area contributed by atoms with E-state index in [0.29, 0.717) is 35.0 Å². The second kappa shape index (κ2) is 5.24. The minimum Gasteiger partial charge on any atom is -0.294 e. The average Bonchev–Trinajstić information content (AvgIpc) is 3.11. The third-order valence-corrected chi connectivity index (χ3v) is 5.74. The SMILES string of the molecule is Cn1c(=O)c2c3c(cnc2n(C)c1=O)C(=O)CC(c1cccs1)C3. The predicted molar refractivity (Wildman–Crippen MR) is 91.9 cm³/mol. The second-order valence-electron chi connectivity index (χ2n) is 6.10. The summed E-state index contributed by atoms with van der Waals surface area (Å²) in [4.78, 5) is 42.7. The monoisotopic (exact) mass is 341 g/mol. The Hall–Kier alpha value is -2.54. The Labute approximate surface area is 141 Å². The Morgan fingerprint density at radius 1 is 1.17 bits per heavy atom. The van der Waals surface area contributed by atoms with E-state index in [1.807, 2.05) is 17.5 Å². The molecule has 0 N–H and O–H groups in total. The fourth-order valence-corrected chi connectivity index (χ4v) is 4.25. The number of aryl methyl sites for hydroxylation is 1. The molecule has 3 heterocycles. The van der Waals surface area contributed by atoms with Crippen molar-refractivity contribution in [1.82, 2.24) is 14.1 Å². The standard InChI is InChI=1S/C17H15N3O3S/c1-19-15-14(16(22)20(2)17(19)23)10-6-9(13-4-3-5-24-13)7-12(21)11(10)8-18-15/h3-5,8-9H,6-7H2,1-2H3. The summed E-state index contributed by atoms with van der Waals surface area (Å²) < 4.78 is 2.43. The molecular weight excluding hydrogens is 326 g/mol. The number of rotatable bonds is 1. The number of ketones is 1. The highest BCUT2D eigenvalue weighted by Gasteiger charge is 2.30. The summed E-state index contributed by atoms with van der Waals surface area (Å²) in [5.41, 5.74) is 0.743. The Balaban J connectivity index is 2.04. The molecule has 24 heavy (non-hydrogen) atoms. The van der Waals surface area contributed by atoms with Crippen LogP contribution in [0, 0.1) is 0 Å². The first-order valence-electron chi connectivity index (χ1n) is 7.63. The Morgan fingerprint density at radius 3 is 2.67 bits per heavy atom. The van der Waals surface area contributed by atoms with E-state index in [0.717, 1.165) is 9.44 Å². The lowest BCUT2D eigenvalue weighted by Crippen LogP contribution is -2.38. The van der Waals surface area contributed by atoms with Gasteiger partial charge < -0.3 is 0 Å². The van der Waals surface area contributed by atoms with Crippen LogP contribution in [0.15, 0.2) is 33.3 Å². The van der Waals surface area contributed by atoms with Crippen LogP contribution in [0.3, 0.4) is 0 Å². The molecule has 3 aromatic rings. The van der Waals surface area contributed by atoms with Crippen LogP contribution in [-0.2, 0) is 20.5 Å². The number of fused-ring (bicyclic) bond motifs is 3. The maximum absolute atomic E-state index is 12.7. The van der Waals surface area contributed by atoms with E-state index in [2.05, 4.69) is 4.98 Å². The first-order valence-corrected chi connectivity index (χ1v) is 8.51. The summed E-state index contributed by atoms with van der Waals surface area (Å²) in [5.74, 6) is 0.0671. The normalized spacial score (nSPS) is 17.2. The average molecular weight is 341 g/mol. The molecule has 0 aromatic carbocycles. The number of hydrogen-bond acceptors (Lipinski definition) is 5. The van der Waals surface area contributed by atoms with Crippen molar-refractivity contribution in [2.45, 2.75) is 18.8 Å². The lowest BCUT2D eigenvalue weighted by Gasteiger charge is -2.24. The molecule has 0 saturated carbocycles. The van der Waals surface area contributed by atoms with Crippen molar-refractivity contribution >= 4 is 28.2 Å². The Morgan fingerprint density at radius 2 is 1.96 bits per heavy atom. The molecule has 1 aliphatic carbocycles. The van der Waals surface area contributed by atoms with Crippen LogP contribution in [0.1, 0.15) is 33.1 Å². The highest BCUT2D eigenvalue weighted by Crippen LogP contribution is 2.36. The lowest BCUT2D eigenvalue weighted by molar-refractivity contribution is 0.0964. The van der Waals surface area contributed by atoms with Crippen molar-refractivity contribution in [3.63, 3.8) is 0 Å². The number of nitrogens with zero attached hydrogens (tertiary/aromatic N) is 3. The summed E-state index contributed by atoms with van der Waals surface area (Å²) in [5, 5.41) is 2.37. The van der Waals surface area contributed by atoms with E-state index >= 15 is 0 Å². The first kappa shape index (κ1) is 15.0. The molecular formula is C17H15N3O3S. The summed E-state index contributed by atoms with van der Waals surface area (Å²) in [6.45, 7) is 0. The number of pyridine rings is 1. The van der Waals surface area contributed by atoms with Gasteiger partial charge in [0.2, 0.25) is 0 Å². The van der Waals surface area contributed by atoms with Crippen LogP contribution in [-0.4, -0.2) is 19.9 Å². The third kappa shape index (κ3) is 2.01. The molecule has 3 aromatic heterocycles. The molecule has 1 unspecified atom stereocenters. The zero-order chi connectivity index (χ0) is 17.0. The molecule has 1 aliphatic rings. The first-order chi connectivity index (χ1) is 11.5. The minimum atomic E-state index is -0.420. The van der Waals surface area contributed by atoms with Crippen LogP contribution >= 0.6 is 11.3 Å². The minimum absolute atomic E-state index is 0.0000406. The van der Waals surface area contributed by atoms with E-state index in [-0.39, 0.29) is 11.7 Å². The molecule has 4 rings (SSSR count). The quantitative estimate of drug-likeness (QED) is 0.674. The van der Waals surface area contributed by atoms with E-state index in [9.17, 15) is 14.4 Å². The Bertz CT molecular complexity index is 1090. The van der Waals surface area contributed by atoms with Gasteiger partial charge in [0, 0.05) is 43.1 Å². The molecule has 0 aliphatic heterocycles. The van der Waals surface area contributed by atoms with Gasteiger partial charge in [-0.05, 0) is 23.4 Å². The zero-order valence-electron chi connectivity index (χ0n) is 13.3. The number of carbonyl (C=O) groups excluding carboxylic acids is 1. The largest absolute Gasteiger partial charge is 0.332 e. The fraction of sp³-hybridized carbons (Fsp3) is 0.294. The summed E-state index contributed by atoms with van der Waals surface area (Å²) in [7, 11) is 3.04. The molecule has 0 spiro atoms. The summed E-state index contributed by atoms with van der Waals surface area (Å²) in [6.07, 6.45) is 2.53. The van der Waals surface area contributed by atoms with Crippen molar-refractivity contribution in [3.8, 4) is 0 Å². The molecule has 122 valence electrons. The van der Waals surface area contributed by atoms with Gasteiger partial charge in [-0.1, -0.05) is 6.07 Å². The van der Waals surface area contributed by atoms with E-state index in [1.54, 1.807) is 18.4 Å². The number of aromatic nitrogens is 3. The Kier molecular flexibility index (Phi) is 3.28. The molecule has 0 amide bonds. The van der Waals surface area contributed by atoms with E-state index in [1.165, 1.54) is 17.8 Å². The zero-order valence-corrected chi connectivity index (χ0v) is 14.1. The highest BCUT2D eigenvalue weighted by atomic mass is 32.1. The van der Waals surface area contributed by atoms with Gasteiger partial charge in [0.25, 0.3) is 5.56 Å². The second-order valence-corrected chi connectivity index (χ2v) is 7.08. The van der Waals surface area contributed by atoms with Crippen LogP contribution in [0.25, 0.3) is 11.0 Å². The van der Waals surface area contributed by atoms with Crippen LogP contribution in [0.2, 0.25) is 0 Å². The van der Waals surface area contributed by atoms with Gasteiger partial charge in [0.15, 0.2) is 5.78 Å². The van der Waals surface area contributed by atoms with Crippen molar-refractivity contribution in [2.75, 3.05) is 0 Å². The predicted octanol–water partition coefficient (Wildman–Crippen LogP) is 1.61. The van der Waals surface area contributed by atoms with Crippen LogP contribution < -0.4 is 11.2 Å². The lowest BCUT2D eigenvalue weighted by atomic mass is 9.82. The molecule has 0 fully saturated rings. The number of carbonyl (C=O) groups is 1. The van der Waals surface area contributed by atoms with Crippen molar-refractivity contribution in [1.29, 1.82) is 0 Å². The van der Waals surface area contributed by atoms with Crippen molar-refractivity contribution < 1.29 is 4.79 Å². The molecule has 1 atom stereocenters. The summed E-state index contributed by atoms with van der Waals surface area (Å²) >= 11 is 1.62. The molecule has 6 nitrogen and oxygen atoms in total. The smallest absolute Gasteiger partial charge is 0.294 e. The van der Waals surface area contributed by atoms with Gasteiger partial charge >= 0.3 is 5.69 Å². The number of thiophene rings is 1. The van der Waals surface area contributed by atoms with E-state index in [4.69, 9.17) is 0 Å². The van der Waals surface area contributed by atoms with E-state index < -0.39 is 11.2 Å². The molecule has 0 saturated heterocycles. The maximum Gasteiger partial charge on any atom is 0.332 e. The fourth-order valence-electron chi connectivity index (χ4n) is 3.42. The molecule has 0 radical (unpaired) electrons. The van der Waals surface area contributed by atoms with Crippen LogP contribution in [0.4, 0.5) is 0 Å². The van der Waals surface area contributed by atoms with Gasteiger partial charge in [0.1, 0.15) is 5.65 Å². The topological polar surface area (TPSA) is 74.0 Å². The molecule has 0 bridgehead atoms. The third-order valence-electron chi connectivity index (χ3n) is 4.70. The number of Topliss-reactive ketones (excluding diaryl/α,β-unsaturated/α-hetero) is 1. The van der Waals surface area contributed by atoms with Gasteiger partial charge in [-0.25, -0.2) is 9.78 Å². The van der Waals surface area contributed by atoms with Gasteiger partial charge in [-0.15, -0.1) is 11.3 Å². The maximum atomic E-state index is 12.7. The van der Waals surface area contributed by atoms with Gasteiger partial charge in [-0.2, -0.15) is 0 Å². The highest BCUT2D eigenvalue weighted by molar-refractivity contribution is 7.10. The van der Waals surface area contributed by atoms with Gasteiger partial charge in [0.05, 0.1) is 5.39 Å². The van der Waals surface area contributed by atoms with Gasteiger partial charge in [-0.3, -0.25) is 18.7 Å².